The number of hydrogen-bond acceptors (Lipinski definition) is 6. The van der Waals surface area contributed by atoms with Crippen molar-refractivity contribution in [2.45, 2.75) is 17.9 Å². The largest absolute Gasteiger partial charge is 0.243 e. The van der Waals surface area contributed by atoms with E-state index in [1.165, 1.54) is 18.3 Å². The summed E-state index contributed by atoms with van der Waals surface area (Å²) >= 11 is 5.59. The standard InChI is InChI=1S/C8H9ClN6O2S/c1-5(8-11-14-15-12-8)13-18(16,17)6-2-3-7(9)10-4-6/h2-5,13H,1H3,(H,11,12,14,15). The Bertz CT molecular complexity index is 612. The van der Waals surface area contributed by atoms with E-state index in [2.05, 4.69) is 30.3 Å². The monoisotopic (exact) mass is 288 g/mol. The van der Waals surface area contributed by atoms with Crippen LogP contribution in [0.2, 0.25) is 5.15 Å². The molecule has 2 aromatic rings. The molecule has 18 heavy (non-hydrogen) atoms. The topological polar surface area (TPSA) is 114 Å². The van der Waals surface area contributed by atoms with E-state index in [-0.39, 0.29) is 15.9 Å². The molecule has 1 atom stereocenters. The summed E-state index contributed by atoms with van der Waals surface area (Å²) in [6, 6.07) is 2.15. The summed E-state index contributed by atoms with van der Waals surface area (Å²) < 4.78 is 26.3. The maximum atomic E-state index is 12.0. The first-order chi connectivity index (χ1) is 8.49. The molecule has 2 N–H and O–H groups in total. The number of pyridine rings is 1. The smallest absolute Gasteiger partial charge is 0.242 e. The fourth-order valence-corrected chi connectivity index (χ4v) is 2.49. The van der Waals surface area contributed by atoms with Crippen molar-refractivity contribution in [2.75, 3.05) is 0 Å². The number of sulfonamides is 1. The molecule has 96 valence electrons. The zero-order chi connectivity index (χ0) is 13.2. The summed E-state index contributed by atoms with van der Waals surface area (Å²) in [5, 5.41) is 13.2. The van der Waals surface area contributed by atoms with Gasteiger partial charge in [0.1, 0.15) is 10.0 Å². The molecule has 10 heteroatoms. The molecule has 0 spiro atoms. The van der Waals surface area contributed by atoms with Crippen LogP contribution in [0, 0.1) is 0 Å². The summed E-state index contributed by atoms with van der Waals surface area (Å²) in [5.74, 6) is 0.250. The second-order valence-electron chi connectivity index (χ2n) is 3.43. The number of nitrogens with one attached hydrogen (secondary N) is 2. The van der Waals surface area contributed by atoms with Gasteiger partial charge in [0.2, 0.25) is 10.0 Å². The van der Waals surface area contributed by atoms with E-state index >= 15 is 0 Å². The molecule has 0 aliphatic carbocycles. The van der Waals surface area contributed by atoms with E-state index in [9.17, 15) is 8.42 Å². The quantitative estimate of drug-likeness (QED) is 0.782. The molecule has 1 unspecified atom stereocenters. The number of aromatic nitrogens is 5. The minimum Gasteiger partial charge on any atom is -0.243 e. The van der Waals surface area contributed by atoms with E-state index in [1.54, 1.807) is 6.92 Å². The highest BCUT2D eigenvalue weighted by Crippen LogP contribution is 2.14. The van der Waals surface area contributed by atoms with Crippen molar-refractivity contribution in [1.82, 2.24) is 30.3 Å². The third-order valence-electron chi connectivity index (χ3n) is 2.09. The van der Waals surface area contributed by atoms with Gasteiger partial charge >= 0.3 is 0 Å². The normalized spacial score (nSPS) is 13.4. The molecule has 0 aromatic carbocycles. The van der Waals surface area contributed by atoms with Gasteiger partial charge in [-0.05, 0) is 19.1 Å². The van der Waals surface area contributed by atoms with Crippen molar-refractivity contribution in [3.63, 3.8) is 0 Å². The van der Waals surface area contributed by atoms with Gasteiger partial charge in [-0.1, -0.05) is 16.8 Å². The Morgan fingerprint density at radius 3 is 2.78 bits per heavy atom. The van der Waals surface area contributed by atoms with Gasteiger partial charge in [-0.3, -0.25) is 0 Å². The SMILES string of the molecule is CC(NS(=O)(=O)c1ccc(Cl)nc1)c1nn[nH]n1. The Labute approximate surface area is 108 Å². The number of halogens is 1. The molecule has 0 bridgehead atoms. The Balaban J connectivity index is 2.20. The van der Waals surface area contributed by atoms with Gasteiger partial charge in [-0.2, -0.15) is 5.21 Å². The van der Waals surface area contributed by atoms with Crippen molar-refractivity contribution in [3.8, 4) is 0 Å². The molecule has 2 aromatic heterocycles. The van der Waals surface area contributed by atoms with Crippen LogP contribution >= 0.6 is 11.6 Å². The highest BCUT2D eigenvalue weighted by atomic mass is 35.5. The molecule has 0 aliphatic rings. The number of rotatable bonds is 4. The van der Waals surface area contributed by atoms with Crippen LogP contribution in [0.4, 0.5) is 0 Å². The highest BCUT2D eigenvalue weighted by molar-refractivity contribution is 7.89. The number of hydrogen-bond donors (Lipinski definition) is 2. The van der Waals surface area contributed by atoms with Crippen LogP contribution in [0.15, 0.2) is 23.2 Å². The van der Waals surface area contributed by atoms with Crippen LogP contribution in [0.1, 0.15) is 18.8 Å². The van der Waals surface area contributed by atoms with Gasteiger partial charge in [0.05, 0.1) is 6.04 Å². The highest BCUT2D eigenvalue weighted by Gasteiger charge is 2.20. The fraction of sp³-hybridized carbons (Fsp3) is 0.250. The number of nitrogens with zero attached hydrogens (tertiary/aromatic N) is 4. The summed E-state index contributed by atoms with van der Waals surface area (Å²) in [5.41, 5.74) is 0. The van der Waals surface area contributed by atoms with Gasteiger partial charge in [0, 0.05) is 6.20 Å². The molecule has 0 saturated carbocycles. The van der Waals surface area contributed by atoms with Crippen molar-refractivity contribution < 1.29 is 8.42 Å². The second kappa shape index (κ2) is 4.96. The fourth-order valence-electron chi connectivity index (χ4n) is 1.23. The van der Waals surface area contributed by atoms with E-state index in [4.69, 9.17) is 11.6 Å². The third-order valence-corrected chi connectivity index (χ3v) is 3.84. The van der Waals surface area contributed by atoms with E-state index in [0.717, 1.165) is 0 Å². The molecule has 2 heterocycles. The van der Waals surface area contributed by atoms with Crippen LogP contribution in [-0.2, 0) is 10.0 Å². The Kier molecular flexibility index (Phi) is 3.55. The molecule has 0 fully saturated rings. The number of aromatic amines is 1. The lowest BCUT2D eigenvalue weighted by Gasteiger charge is -2.10. The van der Waals surface area contributed by atoms with Gasteiger partial charge in [0.25, 0.3) is 0 Å². The van der Waals surface area contributed by atoms with E-state index in [0.29, 0.717) is 0 Å². The molecule has 0 amide bonds. The number of H-pyrrole nitrogens is 1. The maximum Gasteiger partial charge on any atom is 0.242 e. The molecular formula is C8H9ClN6O2S. The Morgan fingerprint density at radius 1 is 1.44 bits per heavy atom. The minimum atomic E-state index is -3.70. The first kappa shape index (κ1) is 12.9. The summed E-state index contributed by atoms with van der Waals surface area (Å²) in [4.78, 5) is 3.73. The summed E-state index contributed by atoms with van der Waals surface area (Å²) in [7, 11) is -3.70. The van der Waals surface area contributed by atoms with Crippen LogP contribution in [-0.4, -0.2) is 34.0 Å². The lowest BCUT2D eigenvalue weighted by Crippen LogP contribution is -2.27. The average Bonchev–Trinajstić information content (AvgIpc) is 2.82. The predicted molar refractivity (Wildman–Crippen MR) is 62.2 cm³/mol. The van der Waals surface area contributed by atoms with Crippen molar-refractivity contribution in [1.29, 1.82) is 0 Å². The van der Waals surface area contributed by atoms with Gasteiger partial charge in [0.15, 0.2) is 5.82 Å². The Hall–Kier alpha value is -1.58. The molecule has 8 nitrogen and oxygen atoms in total. The molecule has 0 aliphatic heterocycles. The predicted octanol–water partition coefficient (Wildman–Crippen LogP) is 0.288. The minimum absolute atomic E-state index is 0.0160. The van der Waals surface area contributed by atoms with Crippen LogP contribution in [0.25, 0.3) is 0 Å². The van der Waals surface area contributed by atoms with Gasteiger partial charge in [-0.15, -0.1) is 10.2 Å². The summed E-state index contributed by atoms with van der Waals surface area (Å²) in [6.07, 6.45) is 1.17. The molecule has 2 rings (SSSR count). The summed E-state index contributed by atoms with van der Waals surface area (Å²) in [6.45, 7) is 1.60. The van der Waals surface area contributed by atoms with Crippen molar-refractivity contribution >= 4 is 21.6 Å². The van der Waals surface area contributed by atoms with E-state index in [1.807, 2.05) is 0 Å². The molecule has 0 radical (unpaired) electrons. The third kappa shape index (κ3) is 2.81. The average molecular weight is 289 g/mol. The first-order valence-corrected chi connectivity index (χ1v) is 6.72. The van der Waals surface area contributed by atoms with Gasteiger partial charge < -0.3 is 0 Å². The van der Waals surface area contributed by atoms with E-state index < -0.39 is 16.1 Å². The molecular weight excluding hydrogens is 280 g/mol. The van der Waals surface area contributed by atoms with Crippen LogP contribution < -0.4 is 4.72 Å². The second-order valence-corrected chi connectivity index (χ2v) is 5.53. The lowest BCUT2D eigenvalue weighted by molar-refractivity contribution is 0.559. The zero-order valence-electron chi connectivity index (χ0n) is 9.20. The van der Waals surface area contributed by atoms with Crippen LogP contribution in [0.3, 0.4) is 0 Å². The van der Waals surface area contributed by atoms with Gasteiger partial charge in [-0.25, -0.2) is 18.1 Å². The van der Waals surface area contributed by atoms with Crippen molar-refractivity contribution in [3.05, 3.63) is 29.3 Å². The van der Waals surface area contributed by atoms with Crippen molar-refractivity contribution in [2.24, 2.45) is 0 Å². The van der Waals surface area contributed by atoms with Crippen LogP contribution in [0.5, 0.6) is 0 Å². The molecule has 0 saturated heterocycles. The maximum absolute atomic E-state index is 12.0. The zero-order valence-corrected chi connectivity index (χ0v) is 10.8. The number of tetrazole rings is 1. The Morgan fingerprint density at radius 2 is 2.22 bits per heavy atom. The first-order valence-electron chi connectivity index (χ1n) is 4.86. The lowest BCUT2D eigenvalue weighted by atomic mass is 10.4.